The Balaban J connectivity index is 2.21. The number of benzene rings is 2. The molecule has 3 rings (SSSR count). The fourth-order valence-corrected chi connectivity index (χ4v) is 3.44. The van der Waals surface area contributed by atoms with E-state index >= 15 is 0 Å². The molecule has 7 heteroatoms. The summed E-state index contributed by atoms with van der Waals surface area (Å²) in [5, 5.41) is 21.1. The van der Waals surface area contributed by atoms with E-state index in [1.807, 2.05) is 0 Å². The number of ether oxygens (including phenoxy) is 1. The summed E-state index contributed by atoms with van der Waals surface area (Å²) in [6.07, 6.45) is 0. The topological polar surface area (TPSA) is 87.1 Å². The largest absolute Gasteiger partial charge is 0.504 e. The monoisotopic (exact) mass is 401 g/mol. The molecule has 6 nitrogen and oxygen atoms in total. The molecule has 0 saturated carbocycles. The standard InChI is InChI=1S/C21H20ClNO5/c1-11(2)19(25)17-18(12-7-8-16(28-3)15(24)9-12)23(21(27)20(17)26)14-6-4-5-13(22)10-14/h4-11,18,24,26H,1-3H3. The van der Waals surface area contributed by atoms with Crippen LogP contribution in [0.1, 0.15) is 25.5 Å². The van der Waals surface area contributed by atoms with Crippen LogP contribution in [0.4, 0.5) is 5.69 Å². The number of phenols is 1. The molecule has 1 aliphatic rings. The molecule has 0 aliphatic carbocycles. The van der Waals surface area contributed by atoms with Gasteiger partial charge >= 0.3 is 0 Å². The average Bonchev–Trinajstić information content (AvgIpc) is 2.92. The first-order valence-electron chi connectivity index (χ1n) is 8.69. The molecule has 2 aromatic rings. The second-order valence-electron chi connectivity index (χ2n) is 6.77. The highest BCUT2D eigenvalue weighted by molar-refractivity contribution is 6.31. The van der Waals surface area contributed by atoms with Gasteiger partial charge in [0.2, 0.25) is 0 Å². The van der Waals surface area contributed by atoms with Crippen LogP contribution < -0.4 is 9.64 Å². The van der Waals surface area contributed by atoms with Gasteiger partial charge in [0.1, 0.15) is 0 Å². The number of aromatic hydroxyl groups is 1. The van der Waals surface area contributed by atoms with Crippen molar-refractivity contribution in [3.8, 4) is 11.5 Å². The number of carbonyl (C=O) groups is 2. The zero-order valence-electron chi connectivity index (χ0n) is 15.6. The van der Waals surface area contributed by atoms with E-state index in [0.29, 0.717) is 16.3 Å². The van der Waals surface area contributed by atoms with Gasteiger partial charge in [0.05, 0.1) is 18.7 Å². The number of Topliss-reactive ketones (excluding diaryl/α,β-unsaturated/α-hetero) is 1. The highest BCUT2D eigenvalue weighted by Crippen LogP contribution is 2.43. The second-order valence-corrected chi connectivity index (χ2v) is 7.21. The molecule has 1 heterocycles. The number of hydrogen-bond acceptors (Lipinski definition) is 5. The normalized spacial score (nSPS) is 16.8. The number of carbonyl (C=O) groups excluding carboxylic acids is 2. The summed E-state index contributed by atoms with van der Waals surface area (Å²) in [7, 11) is 1.42. The van der Waals surface area contributed by atoms with Crippen molar-refractivity contribution in [3.63, 3.8) is 0 Å². The Bertz CT molecular complexity index is 983. The summed E-state index contributed by atoms with van der Waals surface area (Å²) < 4.78 is 5.07. The number of anilines is 1. The van der Waals surface area contributed by atoms with E-state index in [0.717, 1.165) is 0 Å². The SMILES string of the molecule is COc1ccc(C2C(C(=O)C(C)C)=C(O)C(=O)N2c2cccc(Cl)c2)cc1O. The number of hydrogen-bond donors (Lipinski definition) is 2. The number of amides is 1. The minimum absolute atomic E-state index is 0.00968. The number of nitrogens with zero attached hydrogens (tertiary/aromatic N) is 1. The van der Waals surface area contributed by atoms with Crippen molar-refractivity contribution in [2.45, 2.75) is 19.9 Å². The fourth-order valence-electron chi connectivity index (χ4n) is 3.25. The van der Waals surface area contributed by atoms with Crippen LogP contribution in [0.15, 0.2) is 53.8 Å². The highest BCUT2D eigenvalue weighted by atomic mass is 35.5. The van der Waals surface area contributed by atoms with Crippen molar-refractivity contribution in [3.05, 3.63) is 64.4 Å². The first-order chi connectivity index (χ1) is 13.3. The lowest BCUT2D eigenvalue weighted by atomic mass is 9.91. The van der Waals surface area contributed by atoms with Gasteiger partial charge in [0, 0.05) is 16.6 Å². The van der Waals surface area contributed by atoms with Crippen LogP contribution in [-0.4, -0.2) is 29.0 Å². The first-order valence-corrected chi connectivity index (χ1v) is 9.07. The van der Waals surface area contributed by atoms with Crippen LogP contribution in [-0.2, 0) is 9.59 Å². The van der Waals surface area contributed by atoms with Crippen molar-refractivity contribution in [2.24, 2.45) is 5.92 Å². The number of halogens is 1. The van der Waals surface area contributed by atoms with Crippen molar-refractivity contribution >= 4 is 29.0 Å². The van der Waals surface area contributed by atoms with Gasteiger partial charge in [-0.1, -0.05) is 37.6 Å². The maximum absolute atomic E-state index is 12.9. The van der Waals surface area contributed by atoms with Gasteiger partial charge in [-0.3, -0.25) is 14.5 Å². The van der Waals surface area contributed by atoms with Crippen LogP contribution in [0.2, 0.25) is 5.02 Å². The molecule has 0 bridgehead atoms. The van der Waals surface area contributed by atoms with Gasteiger partial charge < -0.3 is 14.9 Å². The van der Waals surface area contributed by atoms with Gasteiger partial charge in [-0.15, -0.1) is 0 Å². The molecule has 1 aliphatic heterocycles. The van der Waals surface area contributed by atoms with E-state index in [2.05, 4.69) is 0 Å². The molecule has 0 radical (unpaired) electrons. The second kappa shape index (κ2) is 7.56. The smallest absolute Gasteiger partial charge is 0.294 e. The molecule has 2 aromatic carbocycles. The third-order valence-electron chi connectivity index (χ3n) is 4.60. The Morgan fingerprint density at radius 2 is 1.89 bits per heavy atom. The van der Waals surface area contributed by atoms with E-state index in [9.17, 15) is 19.8 Å². The van der Waals surface area contributed by atoms with Crippen LogP contribution in [0, 0.1) is 5.92 Å². The fraction of sp³-hybridized carbons (Fsp3) is 0.238. The number of methoxy groups -OCH3 is 1. The Kier molecular flexibility index (Phi) is 5.34. The number of rotatable bonds is 5. The molecule has 1 amide bonds. The minimum atomic E-state index is -0.905. The summed E-state index contributed by atoms with van der Waals surface area (Å²) in [6.45, 7) is 3.38. The lowest BCUT2D eigenvalue weighted by Gasteiger charge is -2.27. The zero-order chi connectivity index (χ0) is 20.6. The predicted molar refractivity (Wildman–Crippen MR) is 106 cm³/mol. The Labute approximate surface area is 167 Å². The highest BCUT2D eigenvalue weighted by Gasteiger charge is 2.45. The van der Waals surface area contributed by atoms with Gasteiger partial charge in [0.25, 0.3) is 5.91 Å². The molecular weight excluding hydrogens is 382 g/mol. The van der Waals surface area contributed by atoms with Gasteiger partial charge in [-0.25, -0.2) is 0 Å². The van der Waals surface area contributed by atoms with Crippen LogP contribution >= 0.6 is 11.6 Å². The van der Waals surface area contributed by atoms with Crippen molar-refractivity contribution in [1.29, 1.82) is 0 Å². The molecule has 28 heavy (non-hydrogen) atoms. The number of ketones is 1. The summed E-state index contributed by atoms with van der Waals surface area (Å²) in [5.74, 6) is -1.96. The van der Waals surface area contributed by atoms with Gasteiger partial charge in [-0.05, 0) is 35.9 Å². The number of phenolic OH excluding ortho intramolecular Hbond substituents is 1. The molecule has 2 N–H and O–H groups in total. The molecular formula is C21H20ClNO5. The number of aliphatic hydroxyl groups is 1. The Morgan fingerprint density at radius 1 is 1.18 bits per heavy atom. The molecule has 1 atom stereocenters. The average molecular weight is 402 g/mol. The van der Waals surface area contributed by atoms with E-state index in [4.69, 9.17) is 16.3 Å². The van der Waals surface area contributed by atoms with Gasteiger partial charge in [-0.2, -0.15) is 0 Å². The van der Waals surface area contributed by atoms with Crippen LogP contribution in [0.5, 0.6) is 11.5 Å². The maximum Gasteiger partial charge on any atom is 0.294 e. The Hall–Kier alpha value is -2.99. The van der Waals surface area contributed by atoms with E-state index in [-0.39, 0.29) is 22.9 Å². The van der Waals surface area contributed by atoms with E-state index in [1.165, 1.54) is 24.1 Å². The van der Waals surface area contributed by atoms with Crippen molar-refractivity contribution in [2.75, 3.05) is 12.0 Å². The number of aliphatic hydroxyl groups excluding tert-OH is 1. The molecule has 146 valence electrons. The zero-order valence-corrected chi connectivity index (χ0v) is 16.4. The third-order valence-corrected chi connectivity index (χ3v) is 4.84. The van der Waals surface area contributed by atoms with Crippen LogP contribution in [0.3, 0.4) is 0 Å². The van der Waals surface area contributed by atoms with E-state index < -0.39 is 23.6 Å². The summed E-state index contributed by atoms with van der Waals surface area (Å²) in [6, 6.07) is 10.3. The predicted octanol–water partition coefficient (Wildman–Crippen LogP) is 4.18. The van der Waals surface area contributed by atoms with Crippen molar-refractivity contribution in [1.82, 2.24) is 0 Å². The van der Waals surface area contributed by atoms with E-state index in [1.54, 1.807) is 44.2 Å². The summed E-state index contributed by atoms with van der Waals surface area (Å²) in [4.78, 5) is 27.0. The maximum atomic E-state index is 12.9. The lowest BCUT2D eigenvalue weighted by molar-refractivity contribution is -0.119. The van der Waals surface area contributed by atoms with Crippen LogP contribution in [0.25, 0.3) is 0 Å². The Morgan fingerprint density at radius 3 is 2.46 bits per heavy atom. The van der Waals surface area contributed by atoms with Gasteiger partial charge in [0.15, 0.2) is 23.0 Å². The first kappa shape index (κ1) is 19.8. The molecule has 0 aromatic heterocycles. The summed E-state index contributed by atoms with van der Waals surface area (Å²) >= 11 is 6.08. The lowest BCUT2D eigenvalue weighted by Crippen LogP contribution is -2.31. The molecule has 0 saturated heterocycles. The quantitative estimate of drug-likeness (QED) is 0.784. The summed E-state index contributed by atoms with van der Waals surface area (Å²) in [5.41, 5.74) is 0.875. The molecule has 0 fully saturated rings. The molecule has 0 spiro atoms. The third kappa shape index (κ3) is 3.31. The van der Waals surface area contributed by atoms with Crippen molar-refractivity contribution < 1.29 is 24.5 Å². The minimum Gasteiger partial charge on any atom is -0.504 e. The molecule has 1 unspecified atom stereocenters.